The van der Waals surface area contributed by atoms with E-state index in [1.165, 1.54) is 145 Å². The molecule has 18 aromatic carbocycles. The number of hydrogen-bond acceptors (Lipinski definition) is 4. The van der Waals surface area contributed by atoms with E-state index in [4.69, 9.17) is 4.65 Å². The van der Waals surface area contributed by atoms with Gasteiger partial charge in [-0.05, 0) is 263 Å². The highest BCUT2D eigenvalue weighted by Crippen LogP contribution is 2.65. The van der Waals surface area contributed by atoms with Crippen LogP contribution in [0.4, 0.5) is 34.1 Å². The number of rotatable bonds is 15. The van der Waals surface area contributed by atoms with Crippen molar-refractivity contribution in [3.05, 3.63) is 520 Å². The van der Waals surface area contributed by atoms with Crippen LogP contribution in [-0.4, -0.2) is 23.8 Å². The van der Waals surface area contributed by atoms with Gasteiger partial charge in [-0.2, -0.15) is 0 Å². The van der Waals surface area contributed by atoms with E-state index in [9.17, 15) is 5.11 Å². The zero-order valence-electron chi connectivity index (χ0n) is 73.4. The fourth-order valence-corrected chi connectivity index (χ4v) is 20.8. The number of aliphatic hydroxyl groups is 1. The van der Waals surface area contributed by atoms with E-state index in [1.807, 2.05) is 33.5 Å². The Morgan fingerprint density at radius 2 is 0.469 bits per heavy atom. The van der Waals surface area contributed by atoms with E-state index in [0.717, 1.165) is 44.1 Å². The Labute approximate surface area is 763 Å². The molecular weight excluding hydrogens is 1620 g/mol. The van der Waals surface area contributed by atoms with Crippen LogP contribution in [0.3, 0.4) is 0 Å². The summed E-state index contributed by atoms with van der Waals surface area (Å²) in [5.41, 5.74) is 38.4. The van der Waals surface area contributed by atoms with Crippen molar-refractivity contribution >= 4 is 63.0 Å². The van der Waals surface area contributed by atoms with Gasteiger partial charge in [0.2, 0.25) is 0 Å². The molecule has 1 radical (unpaired) electrons. The van der Waals surface area contributed by atoms with E-state index < -0.39 is 22.0 Å². The van der Waals surface area contributed by atoms with E-state index in [2.05, 4.69) is 490 Å². The van der Waals surface area contributed by atoms with Crippen LogP contribution in [0.1, 0.15) is 122 Å². The Morgan fingerprint density at radius 3 is 0.789 bits per heavy atom. The third kappa shape index (κ3) is 14.3. The zero-order chi connectivity index (χ0) is 87.5. The van der Waals surface area contributed by atoms with Crippen molar-refractivity contribution in [2.75, 3.05) is 9.80 Å². The van der Waals surface area contributed by atoms with Crippen LogP contribution in [-0.2, 0) is 26.3 Å². The summed E-state index contributed by atoms with van der Waals surface area (Å²) in [4.78, 5) is 4.65. The summed E-state index contributed by atoms with van der Waals surface area (Å²) in [5, 5.41) is 10.7. The molecule has 4 nitrogen and oxygen atoms in total. The van der Waals surface area contributed by atoms with Crippen LogP contribution in [0.2, 0.25) is 0 Å². The third-order valence-electron chi connectivity index (χ3n) is 27.6. The van der Waals surface area contributed by atoms with Gasteiger partial charge in [0, 0.05) is 49.4 Å². The quantitative estimate of drug-likeness (QED) is 0.104. The average Bonchev–Trinajstić information content (AvgIpc) is 1.50. The highest BCUT2D eigenvalue weighted by Gasteiger charge is 2.56. The van der Waals surface area contributed by atoms with E-state index in [1.54, 1.807) is 13.8 Å². The minimum atomic E-state index is -0.993. The predicted molar refractivity (Wildman–Crippen MR) is 539 cm³/mol. The lowest BCUT2D eigenvalue weighted by Crippen LogP contribution is -2.49. The first-order valence-corrected chi connectivity index (χ1v) is 45.3. The van der Waals surface area contributed by atoms with Crippen LogP contribution < -0.4 is 15.3 Å². The fourth-order valence-electron chi connectivity index (χ4n) is 20.5. The number of halogens is 1. The zero-order valence-corrected chi connectivity index (χ0v) is 75.0. The first kappa shape index (κ1) is 82.3. The van der Waals surface area contributed by atoms with Crippen molar-refractivity contribution in [2.24, 2.45) is 0 Å². The molecule has 0 saturated carbocycles. The number of nitrogens with zero attached hydrogens (tertiary/aromatic N) is 2. The molecule has 0 saturated heterocycles. The molecule has 0 amide bonds. The molecule has 0 aliphatic heterocycles. The molecule has 0 bridgehead atoms. The number of benzene rings is 18. The van der Waals surface area contributed by atoms with Crippen LogP contribution in [0.25, 0.3) is 77.9 Å². The second kappa shape index (κ2) is 33.4. The summed E-state index contributed by atoms with van der Waals surface area (Å²) < 4.78 is 7.36. The van der Waals surface area contributed by atoms with Gasteiger partial charge in [-0.3, -0.25) is 0 Å². The Hall–Kier alpha value is -14.0. The van der Waals surface area contributed by atoms with Crippen molar-refractivity contribution in [3.63, 3.8) is 0 Å². The molecule has 619 valence electrons. The lowest BCUT2D eigenvalue weighted by molar-refractivity contribution is -0.0893. The molecule has 0 unspecified atom stereocenters. The first-order valence-electron chi connectivity index (χ1n) is 44.5. The second-order valence-electron chi connectivity index (χ2n) is 36.2. The lowest BCUT2D eigenvalue weighted by atomic mass is 9.55. The van der Waals surface area contributed by atoms with Crippen LogP contribution in [0.5, 0.6) is 0 Å². The van der Waals surface area contributed by atoms with Gasteiger partial charge in [0.25, 0.3) is 0 Å². The van der Waals surface area contributed by atoms with Crippen LogP contribution in [0, 0.1) is 0 Å². The first-order chi connectivity index (χ1) is 62.3. The van der Waals surface area contributed by atoms with Gasteiger partial charge >= 0.3 is 7.48 Å². The van der Waals surface area contributed by atoms with E-state index in [-0.39, 0.29) is 10.8 Å². The fraction of sp³-hybridized carbons (Fsp3) is 0.115. The van der Waals surface area contributed by atoms with Gasteiger partial charge in [-0.1, -0.05) is 408 Å². The molecule has 18 aromatic rings. The Morgan fingerprint density at radius 1 is 0.234 bits per heavy atom. The molecule has 4 aliphatic rings. The molecule has 2 spiro atoms. The van der Waals surface area contributed by atoms with Crippen molar-refractivity contribution in [1.29, 1.82) is 0 Å². The maximum Gasteiger partial charge on any atom is 0.331 e. The summed E-state index contributed by atoms with van der Waals surface area (Å²) in [5.74, 6) is 0. The predicted octanol–water partition coefficient (Wildman–Crippen LogP) is 30.9. The van der Waals surface area contributed by atoms with E-state index >= 15 is 0 Å². The van der Waals surface area contributed by atoms with Crippen molar-refractivity contribution in [2.45, 2.75) is 88.3 Å². The number of anilines is 6. The molecule has 0 heterocycles. The highest BCUT2D eigenvalue weighted by molar-refractivity contribution is 9.10. The Balaban J connectivity index is 0.000000129. The van der Waals surface area contributed by atoms with Gasteiger partial charge in [0.05, 0.1) is 22.0 Å². The molecule has 128 heavy (non-hydrogen) atoms. The molecule has 22 rings (SSSR count). The normalized spacial score (nSPS) is 13.8. The summed E-state index contributed by atoms with van der Waals surface area (Å²) >= 11 is 3.56. The topological polar surface area (TPSA) is 35.9 Å². The van der Waals surface area contributed by atoms with Crippen LogP contribution >= 0.6 is 15.9 Å². The standard InChI is InChI=1S/C58H43N.C34H34BO2.C30H22BrN/c1-57(2)51-23-11-13-25-53(51)58(54-26-14-12-24-52(54)57)50-22-10-9-20-49(50)56-48(21-15-27-55(56)58)44-32-38-47(39-33-44)59(45-34-28-42(29-35-45)40-16-5-3-6-17-40)46-36-30-43(31-37-46)41-18-7-4-8-19-41;1-31(2)24-16-9-11-18-26(24)34(27-19-12-10-17-25(27)31)23-15-8-7-14-22(23)30-28(34)20-13-21-29(30)35-37-33(5,6)32(3,4)36;31-27-15-21-30(22-16-27)32(28-17-11-25(12-18-28)23-7-3-1-4-8-23)29-19-13-26(14-20-29)24-9-5-2-6-10-24/h3-39H,1-2H3;7-21,36H,1-6H3;1-22H. The maximum atomic E-state index is 10.7. The third-order valence-corrected chi connectivity index (χ3v) is 28.1. The molecular formula is C122H99BBrN2O2. The SMILES string of the molecule is Brc1ccc(N(c2ccc(-c3ccccc3)cc2)c2ccc(-c3ccccc3)cc2)cc1.CC1(C)c2ccccc2C2(c3ccccc3-c3c(-c4ccc(N(c5ccc(-c6ccccc6)cc5)c5ccc(-c6ccccc6)cc5)cc4)cccc32)c2ccccc21.CC1(C)c2ccccc2C2(c3ccccc3-c3c([B]OC(C)(C)C(C)(C)O)cccc32)c2ccccc21. The molecule has 0 fully saturated rings. The van der Waals surface area contributed by atoms with Gasteiger partial charge in [0.1, 0.15) is 0 Å². The minimum Gasteiger partial charge on any atom is -0.427 e. The van der Waals surface area contributed by atoms with Crippen molar-refractivity contribution in [3.8, 4) is 77.9 Å². The maximum absolute atomic E-state index is 10.7. The Kier molecular flexibility index (Phi) is 21.5. The number of fused-ring (bicyclic) bond motifs is 18. The minimum absolute atomic E-state index is 0.111. The molecule has 6 heteroatoms. The number of hydrogen-bond donors (Lipinski definition) is 1. The molecule has 0 atom stereocenters. The van der Waals surface area contributed by atoms with Gasteiger partial charge in [-0.25, -0.2) is 0 Å². The smallest absolute Gasteiger partial charge is 0.331 e. The van der Waals surface area contributed by atoms with Gasteiger partial charge in [0.15, 0.2) is 0 Å². The second-order valence-corrected chi connectivity index (χ2v) is 37.1. The Bertz CT molecular complexity index is 6820. The van der Waals surface area contributed by atoms with Crippen LogP contribution in [0.15, 0.2) is 453 Å². The van der Waals surface area contributed by atoms with Gasteiger partial charge < -0.3 is 19.6 Å². The van der Waals surface area contributed by atoms with Crippen molar-refractivity contribution in [1.82, 2.24) is 0 Å². The van der Waals surface area contributed by atoms with Gasteiger partial charge in [-0.15, -0.1) is 0 Å². The lowest BCUT2D eigenvalue weighted by Gasteiger charge is -2.46. The largest absolute Gasteiger partial charge is 0.427 e. The molecule has 1 N–H and O–H groups in total. The summed E-state index contributed by atoms with van der Waals surface area (Å²) in [6, 6.07) is 163. The summed E-state index contributed by atoms with van der Waals surface area (Å²) in [6.07, 6.45) is 0. The molecule has 4 aliphatic carbocycles. The summed E-state index contributed by atoms with van der Waals surface area (Å²) in [6.45, 7) is 16.9. The monoisotopic (exact) mass is 1710 g/mol. The average molecular weight is 1720 g/mol. The van der Waals surface area contributed by atoms with Crippen molar-refractivity contribution < 1.29 is 9.76 Å². The van der Waals surface area contributed by atoms with E-state index in [0.29, 0.717) is 0 Å². The summed E-state index contributed by atoms with van der Waals surface area (Å²) in [7, 11) is 1.84. The highest BCUT2D eigenvalue weighted by atomic mass is 79.9. The molecule has 0 aromatic heterocycles.